The zero-order chi connectivity index (χ0) is 12.3. The van der Waals surface area contributed by atoms with Gasteiger partial charge >= 0.3 is 0 Å². The van der Waals surface area contributed by atoms with E-state index in [2.05, 4.69) is 4.98 Å². The van der Waals surface area contributed by atoms with E-state index in [0.717, 1.165) is 5.56 Å². The van der Waals surface area contributed by atoms with Crippen LogP contribution >= 0.6 is 0 Å². The van der Waals surface area contributed by atoms with Gasteiger partial charge in [0.25, 0.3) is 0 Å². The van der Waals surface area contributed by atoms with Crippen molar-refractivity contribution in [1.29, 1.82) is 5.26 Å². The Hall–Kier alpha value is -2.41. The van der Waals surface area contributed by atoms with Gasteiger partial charge in [0, 0.05) is 5.56 Å². The maximum Gasteiger partial charge on any atom is 0.154 e. The lowest BCUT2D eigenvalue weighted by atomic mass is 10.1. The van der Waals surface area contributed by atoms with Crippen molar-refractivity contribution in [2.45, 2.75) is 0 Å². The number of nitriles is 1. The number of pyridine rings is 1. The highest BCUT2D eigenvalue weighted by Crippen LogP contribution is 2.23. The Labute approximate surface area is 98.1 Å². The quantitative estimate of drug-likeness (QED) is 0.793. The summed E-state index contributed by atoms with van der Waals surface area (Å²) in [6.07, 6.45) is 1.48. The first-order chi connectivity index (χ1) is 8.24. The lowest BCUT2D eigenvalue weighted by Gasteiger charge is -2.05. The molecule has 84 valence electrons. The predicted molar refractivity (Wildman–Crippen MR) is 60.9 cm³/mol. The van der Waals surface area contributed by atoms with Crippen LogP contribution in [0, 0.1) is 17.1 Å². The summed E-state index contributed by atoms with van der Waals surface area (Å²) in [5.41, 5.74) is 1.77. The van der Waals surface area contributed by atoms with E-state index in [1.807, 2.05) is 6.07 Å². The molecule has 0 spiro atoms. The molecule has 0 radical (unpaired) electrons. The van der Waals surface area contributed by atoms with Crippen molar-refractivity contribution in [1.82, 2.24) is 4.98 Å². The third-order valence-electron chi connectivity index (χ3n) is 2.35. The minimum absolute atomic E-state index is 0.303. The van der Waals surface area contributed by atoms with Crippen molar-refractivity contribution in [3.63, 3.8) is 0 Å². The summed E-state index contributed by atoms with van der Waals surface area (Å²) >= 11 is 0. The molecule has 2 rings (SSSR count). The van der Waals surface area contributed by atoms with Gasteiger partial charge in [-0.25, -0.2) is 4.39 Å². The lowest BCUT2D eigenvalue weighted by molar-refractivity contribution is 0.411. The van der Waals surface area contributed by atoms with Crippen LogP contribution in [0.2, 0.25) is 0 Å². The van der Waals surface area contributed by atoms with Crippen molar-refractivity contribution >= 4 is 0 Å². The van der Waals surface area contributed by atoms with Crippen LogP contribution in [0.15, 0.2) is 36.5 Å². The van der Waals surface area contributed by atoms with E-state index in [-0.39, 0.29) is 5.82 Å². The van der Waals surface area contributed by atoms with Gasteiger partial charge in [-0.15, -0.1) is 0 Å². The third kappa shape index (κ3) is 2.23. The van der Waals surface area contributed by atoms with Crippen LogP contribution in [0.4, 0.5) is 4.39 Å². The maximum absolute atomic E-state index is 12.8. The minimum Gasteiger partial charge on any atom is -0.494 e. The molecule has 0 unspecified atom stereocenters. The number of methoxy groups -OCH3 is 1. The molecule has 0 saturated carbocycles. The predicted octanol–water partition coefficient (Wildman–Crippen LogP) is 2.77. The second-order valence-corrected chi connectivity index (χ2v) is 3.39. The molecule has 0 amide bonds. The molecule has 1 aromatic heterocycles. The first kappa shape index (κ1) is 11.1. The topological polar surface area (TPSA) is 45.9 Å². The van der Waals surface area contributed by atoms with Crippen molar-refractivity contribution in [3.05, 3.63) is 47.9 Å². The standard InChI is InChI=1S/C13H9FN2O/c1-17-13-8-16-12(6-10(13)7-15)9-2-4-11(14)5-3-9/h2-6,8H,1H3. The molecule has 1 aromatic carbocycles. The van der Waals surface area contributed by atoms with Gasteiger partial charge in [-0.2, -0.15) is 5.26 Å². The van der Waals surface area contributed by atoms with Crippen LogP contribution in [-0.4, -0.2) is 12.1 Å². The smallest absolute Gasteiger partial charge is 0.154 e. The molecule has 3 nitrogen and oxygen atoms in total. The number of hydrogen-bond acceptors (Lipinski definition) is 3. The summed E-state index contributed by atoms with van der Waals surface area (Å²) in [6.45, 7) is 0. The fraction of sp³-hybridized carbons (Fsp3) is 0.0769. The Morgan fingerprint density at radius 3 is 2.59 bits per heavy atom. The molecule has 2 aromatic rings. The molecule has 0 saturated heterocycles. The molecule has 0 atom stereocenters. The van der Waals surface area contributed by atoms with Gasteiger partial charge in [-0.3, -0.25) is 4.98 Å². The van der Waals surface area contributed by atoms with Gasteiger partial charge in [0.1, 0.15) is 11.9 Å². The van der Waals surface area contributed by atoms with Crippen LogP contribution in [-0.2, 0) is 0 Å². The fourth-order valence-electron chi connectivity index (χ4n) is 1.47. The maximum atomic E-state index is 12.8. The molecule has 0 aliphatic heterocycles. The van der Waals surface area contributed by atoms with Crippen molar-refractivity contribution in [2.75, 3.05) is 7.11 Å². The summed E-state index contributed by atoms with van der Waals surface area (Å²) in [5, 5.41) is 8.95. The first-order valence-corrected chi connectivity index (χ1v) is 4.94. The molecular formula is C13H9FN2O. The molecule has 0 N–H and O–H groups in total. The summed E-state index contributed by atoms with van der Waals surface area (Å²) in [6, 6.07) is 9.59. The normalized spacial score (nSPS) is 9.71. The van der Waals surface area contributed by atoms with E-state index in [0.29, 0.717) is 17.0 Å². The molecule has 0 bridgehead atoms. The molecule has 0 aliphatic carbocycles. The third-order valence-corrected chi connectivity index (χ3v) is 2.35. The zero-order valence-corrected chi connectivity index (χ0v) is 9.14. The second-order valence-electron chi connectivity index (χ2n) is 3.39. The van der Waals surface area contributed by atoms with Crippen molar-refractivity contribution in [3.8, 4) is 23.1 Å². The number of ether oxygens (including phenoxy) is 1. The fourth-order valence-corrected chi connectivity index (χ4v) is 1.47. The Morgan fingerprint density at radius 2 is 2.00 bits per heavy atom. The molecular weight excluding hydrogens is 219 g/mol. The highest BCUT2D eigenvalue weighted by Gasteiger charge is 2.06. The van der Waals surface area contributed by atoms with Gasteiger partial charge in [0.15, 0.2) is 5.75 Å². The number of nitrogens with zero attached hydrogens (tertiary/aromatic N) is 2. The largest absolute Gasteiger partial charge is 0.494 e. The van der Waals surface area contributed by atoms with Gasteiger partial charge in [-0.05, 0) is 30.3 Å². The second kappa shape index (κ2) is 4.62. The summed E-state index contributed by atoms with van der Waals surface area (Å²) in [4.78, 5) is 4.16. The lowest BCUT2D eigenvalue weighted by Crippen LogP contribution is -1.92. The molecule has 0 aliphatic rings. The summed E-state index contributed by atoms with van der Waals surface area (Å²) in [5.74, 6) is 0.126. The zero-order valence-electron chi connectivity index (χ0n) is 9.14. The molecule has 4 heteroatoms. The van der Waals surface area contributed by atoms with Crippen LogP contribution in [0.25, 0.3) is 11.3 Å². The van der Waals surface area contributed by atoms with Gasteiger partial charge < -0.3 is 4.74 Å². The van der Waals surface area contributed by atoms with E-state index >= 15 is 0 Å². The van der Waals surface area contributed by atoms with E-state index in [4.69, 9.17) is 10.00 Å². The minimum atomic E-state index is -0.303. The number of rotatable bonds is 2. The monoisotopic (exact) mass is 228 g/mol. The Balaban J connectivity index is 2.47. The highest BCUT2D eigenvalue weighted by molar-refractivity contribution is 5.62. The molecule has 1 heterocycles. The van der Waals surface area contributed by atoms with E-state index in [9.17, 15) is 4.39 Å². The van der Waals surface area contributed by atoms with E-state index < -0.39 is 0 Å². The van der Waals surface area contributed by atoms with Crippen LogP contribution in [0.1, 0.15) is 5.56 Å². The van der Waals surface area contributed by atoms with Gasteiger partial charge in [-0.1, -0.05) is 0 Å². The Bertz CT molecular complexity index is 573. The van der Waals surface area contributed by atoms with Crippen LogP contribution in [0.5, 0.6) is 5.75 Å². The number of hydrogen-bond donors (Lipinski definition) is 0. The van der Waals surface area contributed by atoms with E-state index in [1.165, 1.54) is 25.4 Å². The van der Waals surface area contributed by atoms with Gasteiger partial charge in [0.05, 0.1) is 24.6 Å². The molecule has 17 heavy (non-hydrogen) atoms. The SMILES string of the molecule is COc1cnc(-c2ccc(F)cc2)cc1C#N. The Morgan fingerprint density at radius 1 is 1.29 bits per heavy atom. The number of halogens is 1. The van der Waals surface area contributed by atoms with Crippen LogP contribution < -0.4 is 4.74 Å². The van der Waals surface area contributed by atoms with Crippen molar-refractivity contribution in [2.24, 2.45) is 0 Å². The summed E-state index contributed by atoms with van der Waals surface area (Å²) < 4.78 is 17.8. The first-order valence-electron chi connectivity index (χ1n) is 4.94. The number of aromatic nitrogens is 1. The Kier molecular flexibility index (Phi) is 3.01. The van der Waals surface area contributed by atoms with E-state index in [1.54, 1.807) is 18.2 Å². The average molecular weight is 228 g/mol. The average Bonchev–Trinajstić information content (AvgIpc) is 2.39. The molecule has 0 fully saturated rings. The van der Waals surface area contributed by atoms with Gasteiger partial charge in [0.2, 0.25) is 0 Å². The highest BCUT2D eigenvalue weighted by atomic mass is 19.1. The number of benzene rings is 1. The summed E-state index contributed by atoms with van der Waals surface area (Å²) in [7, 11) is 1.48. The van der Waals surface area contributed by atoms with Crippen LogP contribution in [0.3, 0.4) is 0 Å². The van der Waals surface area contributed by atoms with Crippen molar-refractivity contribution < 1.29 is 9.13 Å².